The van der Waals surface area contributed by atoms with Gasteiger partial charge in [-0.05, 0) is 42.8 Å². The normalized spacial score (nSPS) is 10.0. The van der Waals surface area contributed by atoms with Crippen molar-refractivity contribution in [2.24, 2.45) is 0 Å². The van der Waals surface area contributed by atoms with Gasteiger partial charge >= 0.3 is 0 Å². The van der Waals surface area contributed by atoms with Crippen LogP contribution < -0.4 is 20.7 Å². The minimum absolute atomic E-state index is 0.112. The second kappa shape index (κ2) is 8.73. The van der Waals surface area contributed by atoms with E-state index in [-0.39, 0.29) is 11.8 Å². The molecule has 0 spiro atoms. The van der Waals surface area contributed by atoms with Crippen LogP contribution in [0.3, 0.4) is 0 Å². The predicted molar refractivity (Wildman–Crippen MR) is 100 cm³/mol. The Morgan fingerprint density at radius 1 is 1.04 bits per heavy atom. The summed E-state index contributed by atoms with van der Waals surface area (Å²) >= 11 is 0. The fourth-order valence-electron chi connectivity index (χ4n) is 2.37. The van der Waals surface area contributed by atoms with Crippen LogP contribution in [0.2, 0.25) is 0 Å². The van der Waals surface area contributed by atoms with Gasteiger partial charge in [-0.1, -0.05) is 12.1 Å². The van der Waals surface area contributed by atoms with E-state index in [0.29, 0.717) is 24.3 Å². The van der Waals surface area contributed by atoms with Gasteiger partial charge in [0.1, 0.15) is 5.75 Å². The van der Waals surface area contributed by atoms with E-state index in [4.69, 9.17) is 4.74 Å². The number of carbonyl (C=O) groups excluding carboxylic acids is 2. The summed E-state index contributed by atoms with van der Waals surface area (Å²) in [6, 6.07) is 12.9. The number of hydrogen-bond acceptors (Lipinski definition) is 4. The smallest absolute Gasteiger partial charge is 0.226 e. The van der Waals surface area contributed by atoms with Crippen molar-refractivity contribution >= 4 is 28.9 Å². The number of methoxy groups -OCH3 is 1. The zero-order valence-corrected chi connectivity index (χ0v) is 14.7. The quantitative estimate of drug-likeness (QED) is 0.721. The Morgan fingerprint density at radius 2 is 1.76 bits per heavy atom. The molecule has 0 saturated carbocycles. The zero-order chi connectivity index (χ0) is 18.2. The maximum absolute atomic E-state index is 12.1. The van der Waals surface area contributed by atoms with Gasteiger partial charge in [-0.3, -0.25) is 9.59 Å². The van der Waals surface area contributed by atoms with Crippen molar-refractivity contribution in [3.63, 3.8) is 0 Å². The average Bonchev–Trinajstić information content (AvgIpc) is 2.54. The summed E-state index contributed by atoms with van der Waals surface area (Å²) in [6.07, 6.45) is 0.307. The van der Waals surface area contributed by atoms with E-state index < -0.39 is 0 Å². The minimum Gasteiger partial charge on any atom is -0.495 e. The van der Waals surface area contributed by atoms with Gasteiger partial charge in [0.15, 0.2) is 0 Å². The third kappa shape index (κ3) is 5.84. The lowest BCUT2D eigenvalue weighted by Crippen LogP contribution is -2.16. The molecule has 6 nitrogen and oxygen atoms in total. The first kappa shape index (κ1) is 18.3. The summed E-state index contributed by atoms with van der Waals surface area (Å²) in [5.41, 5.74) is 3.27. The molecule has 0 fully saturated rings. The van der Waals surface area contributed by atoms with Crippen LogP contribution in [-0.4, -0.2) is 25.5 Å². The number of hydrogen-bond donors (Lipinski definition) is 3. The van der Waals surface area contributed by atoms with Crippen LogP contribution in [0.25, 0.3) is 0 Å². The van der Waals surface area contributed by atoms with Crippen molar-refractivity contribution in [2.45, 2.75) is 20.3 Å². The van der Waals surface area contributed by atoms with Crippen LogP contribution >= 0.6 is 0 Å². The number of rotatable bonds is 7. The van der Waals surface area contributed by atoms with Crippen molar-refractivity contribution < 1.29 is 14.3 Å². The Kier molecular flexibility index (Phi) is 6.39. The first-order valence-electron chi connectivity index (χ1n) is 8.04. The molecule has 2 amide bonds. The van der Waals surface area contributed by atoms with Crippen molar-refractivity contribution in [3.8, 4) is 5.75 Å². The molecule has 0 bridgehead atoms. The topological polar surface area (TPSA) is 79.5 Å². The summed E-state index contributed by atoms with van der Waals surface area (Å²) in [6.45, 7) is 3.92. The van der Waals surface area contributed by atoms with E-state index >= 15 is 0 Å². The molecular formula is C19H23N3O3. The molecule has 6 heteroatoms. The predicted octanol–water partition coefficient (Wildman–Crippen LogP) is 3.40. The molecule has 0 aliphatic rings. The third-order valence-electron chi connectivity index (χ3n) is 3.49. The van der Waals surface area contributed by atoms with Gasteiger partial charge in [-0.15, -0.1) is 0 Å². The van der Waals surface area contributed by atoms with Crippen LogP contribution in [0.5, 0.6) is 5.75 Å². The second-order valence-electron chi connectivity index (χ2n) is 5.69. The van der Waals surface area contributed by atoms with Crippen molar-refractivity contribution in [1.29, 1.82) is 0 Å². The molecule has 0 aromatic heterocycles. The van der Waals surface area contributed by atoms with E-state index in [1.807, 2.05) is 25.1 Å². The van der Waals surface area contributed by atoms with Crippen LogP contribution in [0.15, 0.2) is 42.5 Å². The lowest BCUT2D eigenvalue weighted by atomic mass is 10.2. The van der Waals surface area contributed by atoms with E-state index in [9.17, 15) is 9.59 Å². The summed E-state index contributed by atoms with van der Waals surface area (Å²) < 4.78 is 5.30. The van der Waals surface area contributed by atoms with Gasteiger partial charge in [0, 0.05) is 31.3 Å². The number of nitrogens with one attached hydrogen (secondary N) is 3. The Bertz CT molecular complexity index is 759. The highest BCUT2D eigenvalue weighted by atomic mass is 16.5. The van der Waals surface area contributed by atoms with E-state index in [2.05, 4.69) is 16.0 Å². The fraction of sp³-hybridized carbons (Fsp3) is 0.263. The minimum atomic E-state index is -0.153. The molecule has 132 valence electrons. The average molecular weight is 341 g/mol. The van der Waals surface area contributed by atoms with Gasteiger partial charge in [0.2, 0.25) is 11.8 Å². The summed E-state index contributed by atoms with van der Waals surface area (Å²) in [4.78, 5) is 23.2. The highest BCUT2D eigenvalue weighted by Gasteiger charge is 2.06. The highest BCUT2D eigenvalue weighted by molar-refractivity contribution is 5.93. The van der Waals surface area contributed by atoms with Gasteiger partial charge in [0.05, 0.1) is 12.8 Å². The molecule has 25 heavy (non-hydrogen) atoms. The number of benzene rings is 2. The summed E-state index contributed by atoms with van der Waals surface area (Å²) in [5, 5.41) is 8.72. The van der Waals surface area contributed by atoms with Crippen molar-refractivity contribution in [1.82, 2.24) is 0 Å². The molecule has 3 N–H and O–H groups in total. The maximum Gasteiger partial charge on any atom is 0.226 e. The van der Waals surface area contributed by atoms with Crippen molar-refractivity contribution in [3.05, 3.63) is 48.0 Å². The number of aryl methyl sites for hydroxylation is 1. The first-order chi connectivity index (χ1) is 12.0. The molecule has 0 atom stereocenters. The van der Waals surface area contributed by atoms with E-state index in [0.717, 1.165) is 17.0 Å². The lowest BCUT2D eigenvalue weighted by molar-refractivity contribution is -0.116. The zero-order valence-electron chi connectivity index (χ0n) is 14.7. The Balaban J connectivity index is 1.87. The molecule has 0 unspecified atom stereocenters. The molecule has 0 aliphatic heterocycles. The third-order valence-corrected chi connectivity index (χ3v) is 3.49. The van der Waals surface area contributed by atoms with Crippen LogP contribution in [-0.2, 0) is 9.59 Å². The molecule has 2 aromatic carbocycles. The van der Waals surface area contributed by atoms with Crippen LogP contribution in [0.1, 0.15) is 18.9 Å². The monoisotopic (exact) mass is 341 g/mol. The van der Waals surface area contributed by atoms with E-state index in [1.165, 1.54) is 6.92 Å². The molecule has 2 aromatic rings. The number of amides is 2. The fourth-order valence-corrected chi connectivity index (χ4v) is 2.37. The van der Waals surface area contributed by atoms with Crippen LogP contribution in [0.4, 0.5) is 17.1 Å². The molecule has 0 heterocycles. The van der Waals surface area contributed by atoms with Gasteiger partial charge in [-0.25, -0.2) is 0 Å². The second-order valence-corrected chi connectivity index (χ2v) is 5.69. The standard InChI is InChI=1S/C19H23N3O3/c1-13-7-8-18(25-3)17(11-13)20-10-9-19(24)22-16-6-4-5-15(12-16)21-14(2)23/h4-8,11-12,20H,9-10H2,1-3H3,(H,21,23)(H,22,24). The molecule has 0 saturated heterocycles. The Labute approximate surface area is 147 Å². The number of anilines is 3. The van der Waals surface area contributed by atoms with Crippen molar-refractivity contribution in [2.75, 3.05) is 29.6 Å². The Hall–Kier alpha value is -3.02. The number of ether oxygens (including phenoxy) is 1. The molecule has 0 aliphatic carbocycles. The maximum atomic E-state index is 12.1. The lowest BCUT2D eigenvalue weighted by Gasteiger charge is -2.12. The highest BCUT2D eigenvalue weighted by Crippen LogP contribution is 2.25. The van der Waals surface area contributed by atoms with Gasteiger partial charge in [-0.2, -0.15) is 0 Å². The van der Waals surface area contributed by atoms with Crippen LogP contribution in [0, 0.1) is 6.92 Å². The Morgan fingerprint density at radius 3 is 2.44 bits per heavy atom. The first-order valence-corrected chi connectivity index (χ1v) is 8.04. The number of carbonyl (C=O) groups is 2. The molecule has 0 radical (unpaired) electrons. The van der Waals surface area contributed by atoms with Gasteiger partial charge < -0.3 is 20.7 Å². The van der Waals surface area contributed by atoms with Gasteiger partial charge in [0.25, 0.3) is 0 Å². The largest absolute Gasteiger partial charge is 0.495 e. The summed E-state index contributed by atoms with van der Waals surface area (Å²) in [7, 11) is 1.62. The summed E-state index contributed by atoms with van der Waals surface area (Å²) in [5.74, 6) is 0.480. The molecule has 2 rings (SSSR count). The van der Waals surface area contributed by atoms with E-state index in [1.54, 1.807) is 31.4 Å². The molecular weight excluding hydrogens is 318 g/mol. The SMILES string of the molecule is COc1ccc(C)cc1NCCC(=O)Nc1cccc(NC(C)=O)c1.